The van der Waals surface area contributed by atoms with Gasteiger partial charge in [0.05, 0.1) is 11.5 Å². The fraction of sp³-hybridized carbons (Fsp3) is 0.250. The zero-order chi connectivity index (χ0) is 12.8. The zero-order valence-electron chi connectivity index (χ0n) is 9.11. The van der Waals surface area contributed by atoms with Crippen LogP contribution in [0.4, 0.5) is 8.78 Å². The van der Waals surface area contributed by atoms with Crippen LogP contribution in [0.15, 0.2) is 36.1 Å². The quantitative estimate of drug-likeness (QED) is 0.833. The molecule has 1 N–H and O–H groups in total. The van der Waals surface area contributed by atoms with E-state index in [-0.39, 0.29) is 11.5 Å². The normalized spacial score (nSPS) is 24.2. The van der Waals surface area contributed by atoms with Crippen LogP contribution in [0.2, 0.25) is 0 Å². The molecule has 1 atom stereocenters. The summed E-state index contributed by atoms with van der Waals surface area (Å²) in [6, 6.07) is 2.01. The van der Waals surface area contributed by atoms with E-state index in [4.69, 9.17) is 5.26 Å². The molecule has 92 valence electrons. The van der Waals surface area contributed by atoms with Crippen molar-refractivity contribution in [2.45, 2.75) is 18.6 Å². The molecule has 2 heterocycles. The lowest BCUT2D eigenvalue weighted by Crippen LogP contribution is -2.17. The molecule has 0 radical (unpaired) electrons. The van der Waals surface area contributed by atoms with Gasteiger partial charge in [0, 0.05) is 12.4 Å². The highest BCUT2D eigenvalue weighted by atomic mass is 19.3. The number of aromatic nitrogens is 1. The molecule has 3 rings (SSSR count). The van der Waals surface area contributed by atoms with Crippen molar-refractivity contribution in [3.05, 3.63) is 47.2 Å². The summed E-state index contributed by atoms with van der Waals surface area (Å²) in [5.41, 5.74) is 1.05. The fourth-order valence-electron chi connectivity index (χ4n) is 2.18. The molecule has 0 saturated carbocycles. The Bertz CT molecular complexity index is 595. The van der Waals surface area contributed by atoms with Crippen molar-refractivity contribution in [3.63, 3.8) is 0 Å². The van der Waals surface area contributed by atoms with Gasteiger partial charge in [-0.2, -0.15) is 5.26 Å². The van der Waals surface area contributed by atoms with E-state index in [1.807, 2.05) is 6.07 Å². The van der Waals surface area contributed by atoms with E-state index in [1.165, 1.54) is 12.3 Å². The van der Waals surface area contributed by atoms with Crippen molar-refractivity contribution in [1.82, 2.24) is 4.98 Å². The van der Waals surface area contributed by atoms with Crippen LogP contribution in [0.1, 0.15) is 23.5 Å². The standard InChI is InChI=1S/C12H8F2N2O2/c13-12(14)17-10-3-1-2-8(11(10)18-12)9-6-16-5-7(9)4-15/h1,3,5-6,8,16H,2H2. The first-order valence-electron chi connectivity index (χ1n) is 5.34. The Labute approximate surface area is 101 Å². The number of halogens is 2. The predicted molar refractivity (Wildman–Crippen MR) is 56.1 cm³/mol. The van der Waals surface area contributed by atoms with Gasteiger partial charge >= 0.3 is 6.29 Å². The second-order valence-electron chi connectivity index (χ2n) is 4.02. The fourth-order valence-corrected chi connectivity index (χ4v) is 2.18. The van der Waals surface area contributed by atoms with Gasteiger partial charge in [-0.1, -0.05) is 6.08 Å². The lowest BCUT2D eigenvalue weighted by atomic mass is 9.90. The van der Waals surface area contributed by atoms with Crippen molar-refractivity contribution >= 4 is 0 Å². The third-order valence-corrected chi connectivity index (χ3v) is 2.93. The first-order chi connectivity index (χ1) is 8.61. The van der Waals surface area contributed by atoms with Crippen molar-refractivity contribution < 1.29 is 18.3 Å². The van der Waals surface area contributed by atoms with E-state index in [9.17, 15) is 8.78 Å². The van der Waals surface area contributed by atoms with Crippen LogP contribution in [0.5, 0.6) is 0 Å². The molecule has 0 aromatic carbocycles. The molecule has 4 nitrogen and oxygen atoms in total. The van der Waals surface area contributed by atoms with Crippen LogP contribution in [-0.4, -0.2) is 11.3 Å². The molecule has 2 aliphatic rings. The molecular weight excluding hydrogens is 242 g/mol. The molecule has 1 aromatic rings. The molecule has 0 saturated heterocycles. The Morgan fingerprint density at radius 2 is 2.22 bits per heavy atom. The summed E-state index contributed by atoms with van der Waals surface area (Å²) in [6.45, 7) is 0. The highest BCUT2D eigenvalue weighted by Crippen LogP contribution is 2.45. The number of hydrogen-bond acceptors (Lipinski definition) is 3. The minimum absolute atomic E-state index is 0.0290. The number of allylic oxidation sites excluding steroid dienone is 3. The topological polar surface area (TPSA) is 58.0 Å². The second-order valence-corrected chi connectivity index (χ2v) is 4.02. The summed E-state index contributed by atoms with van der Waals surface area (Å²) in [4.78, 5) is 2.79. The number of aromatic amines is 1. The van der Waals surface area contributed by atoms with Gasteiger partial charge in [-0.05, 0) is 18.1 Å². The van der Waals surface area contributed by atoms with Crippen molar-refractivity contribution in [1.29, 1.82) is 5.26 Å². The average Bonchev–Trinajstić information content (AvgIpc) is 2.89. The van der Waals surface area contributed by atoms with Gasteiger partial charge in [0.1, 0.15) is 6.07 Å². The lowest BCUT2D eigenvalue weighted by molar-refractivity contribution is -0.337. The zero-order valence-corrected chi connectivity index (χ0v) is 9.11. The minimum Gasteiger partial charge on any atom is -0.399 e. The minimum atomic E-state index is -3.62. The summed E-state index contributed by atoms with van der Waals surface area (Å²) in [5.74, 6) is -0.306. The second kappa shape index (κ2) is 3.60. The van der Waals surface area contributed by atoms with Crippen LogP contribution in [-0.2, 0) is 9.47 Å². The van der Waals surface area contributed by atoms with E-state index >= 15 is 0 Å². The van der Waals surface area contributed by atoms with Gasteiger partial charge in [-0.15, -0.1) is 8.78 Å². The Hall–Kier alpha value is -2.29. The van der Waals surface area contributed by atoms with Crippen molar-refractivity contribution in [2.75, 3.05) is 0 Å². The number of nitrogens with zero attached hydrogens (tertiary/aromatic N) is 1. The van der Waals surface area contributed by atoms with E-state index in [1.54, 1.807) is 12.3 Å². The monoisotopic (exact) mass is 250 g/mol. The summed E-state index contributed by atoms with van der Waals surface area (Å²) in [5, 5.41) is 8.96. The summed E-state index contributed by atoms with van der Waals surface area (Å²) in [6.07, 6.45) is 3.20. The van der Waals surface area contributed by atoms with Crippen molar-refractivity contribution in [2.24, 2.45) is 0 Å². The third kappa shape index (κ3) is 1.56. The van der Waals surface area contributed by atoms with E-state index in [2.05, 4.69) is 14.5 Å². The van der Waals surface area contributed by atoms with Crippen molar-refractivity contribution in [3.8, 4) is 6.07 Å². The SMILES string of the molecule is N#Cc1c[nH]cc1C1CC=CC2=C1OC(F)(F)O2. The number of nitriles is 1. The molecule has 0 spiro atoms. The highest BCUT2D eigenvalue weighted by molar-refractivity contribution is 5.44. The average molecular weight is 250 g/mol. The number of alkyl halides is 2. The first kappa shape index (κ1) is 10.8. The Morgan fingerprint density at radius 1 is 1.39 bits per heavy atom. The molecular formula is C12H8F2N2O2. The van der Waals surface area contributed by atoms with Gasteiger partial charge < -0.3 is 14.5 Å². The van der Waals surface area contributed by atoms with Crippen LogP contribution < -0.4 is 0 Å². The Morgan fingerprint density at radius 3 is 3.00 bits per heavy atom. The van der Waals surface area contributed by atoms with Crippen LogP contribution >= 0.6 is 0 Å². The Balaban J connectivity index is 2.01. The lowest BCUT2D eigenvalue weighted by Gasteiger charge is -2.17. The van der Waals surface area contributed by atoms with E-state index in [0.29, 0.717) is 17.5 Å². The molecule has 0 fully saturated rings. The number of hydrogen-bond donors (Lipinski definition) is 1. The maximum atomic E-state index is 13.1. The molecule has 1 aliphatic heterocycles. The van der Waals surface area contributed by atoms with Crippen LogP contribution in [0, 0.1) is 11.3 Å². The van der Waals surface area contributed by atoms with Crippen LogP contribution in [0.3, 0.4) is 0 Å². The largest absolute Gasteiger partial charge is 0.585 e. The highest BCUT2D eigenvalue weighted by Gasteiger charge is 2.47. The number of nitrogens with one attached hydrogen (secondary N) is 1. The summed E-state index contributed by atoms with van der Waals surface area (Å²) < 4.78 is 35.0. The molecule has 6 heteroatoms. The molecule has 1 aliphatic carbocycles. The molecule has 18 heavy (non-hydrogen) atoms. The number of rotatable bonds is 1. The van der Waals surface area contributed by atoms with Gasteiger partial charge in [0.25, 0.3) is 0 Å². The molecule has 0 amide bonds. The summed E-state index contributed by atoms with van der Waals surface area (Å²) >= 11 is 0. The third-order valence-electron chi connectivity index (χ3n) is 2.93. The maximum Gasteiger partial charge on any atom is 0.585 e. The van der Waals surface area contributed by atoms with E-state index < -0.39 is 12.2 Å². The van der Waals surface area contributed by atoms with Crippen LogP contribution in [0.25, 0.3) is 0 Å². The smallest absolute Gasteiger partial charge is 0.399 e. The molecule has 1 aromatic heterocycles. The van der Waals surface area contributed by atoms with Gasteiger partial charge in [0.15, 0.2) is 11.5 Å². The van der Waals surface area contributed by atoms with Gasteiger partial charge in [-0.3, -0.25) is 0 Å². The Kier molecular flexibility index (Phi) is 2.17. The maximum absolute atomic E-state index is 13.1. The first-order valence-corrected chi connectivity index (χ1v) is 5.34. The summed E-state index contributed by atoms with van der Waals surface area (Å²) in [7, 11) is 0. The molecule has 0 bridgehead atoms. The molecule has 1 unspecified atom stereocenters. The van der Waals surface area contributed by atoms with Gasteiger partial charge in [0.2, 0.25) is 0 Å². The number of ether oxygens (including phenoxy) is 2. The van der Waals surface area contributed by atoms with Gasteiger partial charge in [-0.25, -0.2) is 0 Å². The van der Waals surface area contributed by atoms with E-state index in [0.717, 1.165) is 0 Å². The number of H-pyrrole nitrogens is 1. The predicted octanol–water partition coefficient (Wildman–Crippen LogP) is 2.74.